The second-order valence-corrected chi connectivity index (χ2v) is 7.94. The zero-order chi connectivity index (χ0) is 18.8. The number of benzene rings is 1. The minimum Gasteiger partial charge on any atom is -0.347 e. The van der Waals surface area contributed by atoms with Gasteiger partial charge in [0.15, 0.2) is 0 Å². The molecule has 6 nitrogen and oxygen atoms in total. The van der Waals surface area contributed by atoms with Crippen molar-refractivity contribution in [3.8, 4) is 0 Å². The molecule has 0 fully saturated rings. The first-order valence-electron chi connectivity index (χ1n) is 8.84. The van der Waals surface area contributed by atoms with Crippen LogP contribution in [-0.2, 0) is 19.5 Å². The molecule has 2 amide bonds. The maximum Gasteiger partial charge on any atom is 0.272 e. The summed E-state index contributed by atoms with van der Waals surface area (Å²) in [7, 11) is 0. The van der Waals surface area contributed by atoms with Gasteiger partial charge < -0.3 is 10.6 Å². The molecule has 2 aromatic heterocycles. The lowest BCUT2D eigenvalue weighted by Crippen LogP contribution is -2.35. The van der Waals surface area contributed by atoms with E-state index >= 15 is 0 Å². The average molecular weight is 380 g/mol. The quantitative estimate of drug-likeness (QED) is 0.714. The molecule has 0 saturated carbocycles. The number of fused-ring (bicyclic) bond motifs is 1. The fraction of sp³-hybridized carbons (Fsp3) is 0.250. The Bertz CT molecular complexity index is 954. The van der Waals surface area contributed by atoms with E-state index in [0.717, 1.165) is 21.0 Å². The van der Waals surface area contributed by atoms with Gasteiger partial charge in [-0.3, -0.25) is 14.3 Å². The van der Waals surface area contributed by atoms with E-state index in [0.29, 0.717) is 25.2 Å². The van der Waals surface area contributed by atoms with Gasteiger partial charge in [-0.2, -0.15) is 5.10 Å². The molecule has 1 aliphatic heterocycles. The topological polar surface area (TPSA) is 76.0 Å². The molecule has 0 saturated heterocycles. The summed E-state index contributed by atoms with van der Waals surface area (Å²) in [6.45, 7) is 3.04. The summed E-state index contributed by atoms with van der Waals surface area (Å²) in [4.78, 5) is 26.4. The van der Waals surface area contributed by atoms with E-state index in [1.54, 1.807) is 0 Å². The number of hydrogen-bond acceptors (Lipinski definition) is 4. The molecular formula is C20H20N4O2S. The van der Waals surface area contributed by atoms with Gasteiger partial charge in [-0.1, -0.05) is 30.3 Å². The standard InChI is InChI=1S/C20H20N4O2S/c1-13-7-8-18(27-13)20(26)22-15-9-16-10-17(23-24(16)12-15)19(25)21-11-14-5-3-2-4-6-14/h2-8,10,15H,9,11-12H2,1H3,(H,21,25)(H,22,26). The summed E-state index contributed by atoms with van der Waals surface area (Å²) in [5.74, 6) is -0.236. The van der Waals surface area contributed by atoms with Crippen LogP contribution in [0.5, 0.6) is 0 Å². The lowest BCUT2D eigenvalue weighted by atomic mass is 10.2. The third-order valence-electron chi connectivity index (χ3n) is 4.54. The molecule has 0 radical (unpaired) electrons. The van der Waals surface area contributed by atoms with Crippen molar-refractivity contribution in [1.82, 2.24) is 20.4 Å². The smallest absolute Gasteiger partial charge is 0.272 e. The molecule has 7 heteroatoms. The predicted molar refractivity (Wildman–Crippen MR) is 104 cm³/mol. The third kappa shape index (κ3) is 3.93. The Hall–Kier alpha value is -2.93. The predicted octanol–water partition coefficient (Wildman–Crippen LogP) is 2.54. The molecule has 1 unspecified atom stereocenters. The van der Waals surface area contributed by atoms with Crippen LogP contribution in [0.1, 0.15) is 36.3 Å². The number of carbonyl (C=O) groups is 2. The highest BCUT2D eigenvalue weighted by molar-refractivity contribution is 7.13. The van der Waals surface area contributed by atoms with Gasteiger partial charge in [0.25, 0.3) is 11.8 Å². The summed E-state index contributed by atoms with van der Waals surface area (Å²) in [5, 5.41) is 10.3. The zero-order valence-electron chi connectivity index (χ0n) is 14.9. The van der Waals surface area contributed by atoms with Crippen molar-refractivity contribution in [2.45, 2.75) is 32.5 Å². The number of carbonyl (C=O) groups excluding carboxylic acids is 2. The number of rotatable bonds is 5. The normalized spacial score (nSPS) is 15.4. The molecule has 27 heavy (non-hydrogen) atoms. The molecule has 3 heterocycles. The number of thiophene rings is 1. The summed E-state index contributed by atoms with van der Waals surface area (Å²) in [6, 6.07) is 15.4. The SMILES string of the molecule is Cc1ccc(C(=O)NC2Cc3cc(C(=O)NCc4ccccc4)nn3C2)s1. The van der Waals surface area contributed by atoms with Crippen molar-refractivity contribution in [3.05, 3.63) is 75.2 Å². The van der Waals surface area contributed by atoms with Crippen LogP contribution in [0.15, 0.2) is 48.5 Å². The van der Waals surface area contributed by atoms with E-state index in [-0.39, 0.29) is 17.9 Å². The number of aryl methyl sites for hydroxylation is 1. The minimum atomic E-state index is -0.185. The van der Waals surface area contributed by atoms with Crippen LogP contribution >= 0.6 is 11.3 Å². The van der Waals surface area contributed by atoms with Gasteiger partial charge in [-0.15, -0.1) is 11.3 Å². The highest BCUT2D eigenvalue weighted by atomic mass is 32.1. The van der Waals surface area contributed by atoms with Crippen molar-refractivity contribution in [2.24, 2.45) is 0 Å². The van der Waals surface area contributed by atoms with Crippen molar-refractivity contribution < 1.29 is 9.59 Å². The molecule has 2 N–H and O–H groups in total. The number of aromatic nitrogens is 2. The first-order valence-corrected chi connectivity index (χ1v) is 9.66. The summed E-state index contributed by atoms with van der Waals surface area (Å²) in [5.41, 5.74) is 2.43. The molecule has 138 valence electrons. The third-order valence-corrected chi connectivity index (χ3v) is 5.54. The number of nitrogens with one attached hydrogen (secondary N) is 2. The van der Waals surface area contributed by atoms with Crippen LogP contribution < -0.4 is 10.6 Å². The lowest BCUT2D eigenvalue weighted by Gasteiger charge is -2.10. The van der Waals surface area contributed by atoms with Gasteiger partial charge in [-0.25, -0.2) is 0 Å². The largest absolute Gasteiger partial charge is 0.347 e. The Balaban J connectivity index is 1.33. The highest BCUT2D eigenvalue weighted by Crippen LogP contribution is 2.19. The fourth-order valence-corrected chi connectivity index (χ4v) is 3.96. The maximum absolute atomic E-state index is 12.3. The molecule has 0 bridgehead atoms. The van der Waals surface area contributed by atoms with Gasteiger partial charge in [0.1, 0.15) is 5.69 Å². The molecule has 3 aromatic rings. The molecule has 1 aromatic carbocycles. The maximum atomic E-state index is 12.3. The van der Waals surface area contributed by atoms with Gasteiger partial charge in [0, 0.05) is 23.5 Å². The van der Waals surface area contributed by atoms with E-state index < -0.39 is 0 Å². The molecule has 0 aliphatic carbocycles. The van der Waals surface area contributed by atoms with E-state index in [1.165, 1.54) is 11.3 Å². The number of amides is 2. The molecule has 1 aliphatic rings. The minimum absolute atomic E-state index is 0.00355. The van der Waals surface area contributed by atoms with Crippen molar-refractivity contribution in [2.75, 3.05) is 0 Å². The van der Waals surface area contributed by atoms with Crippen LogP contribution in [0.3, 0.4) is 0 Å². The van der Waals surface area contributed by atoms with Crippen molar-refractivity contribution in [3.63, 3.8) is 0 Å². The van der Waals surface area contributed by atoms with Gasteiger partial charge in [-0.05, 0) is 30.7 Å². The molecular weight excluding hydrogens is 360 g/mol. The molecule has 1 atom stereocenters. The lowest BCUT2D eigenvalue weighted by molar-refractivity contribution is 0.0930. The highest BCUT2D eigenvalue weighted by Gasteiger charge is 2.26. The summed E-state index contributed by atoms with van der Waals surface area (Å²) >= 11 is 1.49. The summed E-state index contributed by atoms with van der Waals surface area (Å²) in [6.07, 6.45) is 0.676. The van der Waals surface area contributed by atoms with Gasteiger partial charge >= 0.3 is 0 Å². The molecule has 4 rings (SSSR count). The number of nitrogens with zero attached hydrogens (tertiary/aromatic N) is 2. The average Bonchev–Trinajstić information content (AvgIpc) is 3.35. The van der Waals surface area contributed by atoms with Crippen molar-refractivity contribution in [1.29, 1.82) is 0 Å². The van der Waals surface area contributed by atoms with Crippen LogP contribution in [0.4, 0.5) is 0 Å². The molecule has 0 spiro atoms. The number of hydrogen-bond donors (Lipinski definition) is 2. The fourth-order valence-electron chi connectivity index (χ4n) is 3.19. The van der Waals surface area contributed by atoms with Crippen LogP contribution in [-0.4, -0.2) is 27.6 Å². The first kappa shape index (κ1) is 17.5. The Morgan fingerprint density at radius 3 is 2.70 bits per heavy atom. The monoisotopic (exact) mass is 380 g/mol. The van der Waals surface area contributed by atoms with Crippen LogP contribution in [0.25, 0.3) is 0 Å². The van der Waals surface area contributed by atoms with E-state index in [9.17, 15) is 9.59 Å². The second-order valence-electron chi connectivity index (χ2n) is 6.66. The second kappa shape index (κ2) is 7.36. The Morgan fingerprint density at radius 1 is 1.19 bits per heavy atom. The van der Waals surface area contributed by atoms with E-state index in [1.807, 2.05) is 60.1 Å². The summed E-state index contributed by atoms with van der Waals surface area (Å²) < 4.78 is 1.81. The first-order chi connectivity index (χ1) is 13.1. The zero-order valence-corrected chi connectivity index (χ0v) is 15.8. The van der Waals surface area contributed by atoms with E-state index in [4.69, 9.17) is 0 Å². The Labute approximate surface area is 161 Å². The van der Waals surface area contributed by atoms with Crippen molar-refractivity contribution >= 4 is 23.2 Å². The van der Waals surface area contributed by atoms with E-state index in [2.05, 4.69) is 15.7 Å². The Morgan fingerprint density at radius 2 is 2.00 bits per heavy atom. The Kier molecular flexibility index (Phi) is 4.77. The van der Waals surface area contributed by atoms with Gasteiger partial charge in [0.05, 0.1) is 17.5 Å². The van der Waals surface area contributed by atoms with Crippen LogP contribution in [0.2, 0.25) is 0 Å². The van der Waals surface area contributed by atoms with Gasteiger partial charge in [0.2, 0.25) is 0 Å². The van der Waals surface area contributed by atoms with Crippen LogP contribution in [0, 0.1) is 6.92 Å².